The lowest BCUT2D eigenvalue weighted by molar-refractivity contribution is 0.133. The third-order valence-electron chi connectivity index (χ3n) is 4.13. The van der Waals surface area contributed by atoms with E-state index in [0.29, 0.717) is 16.8 Å². The van der Waals surface area contributed by atoms with Crippen molar-refractivity contribution in [1.29, 1.82) is 0 Å². The van der Waals surface area contributed by atoms with Gasteiger partial charge in [-0.2, -0.15) is 0 Å². The Morgan fingerprint density at radius 1 is 1.33 bits per heavy atom. The third-order valence-corrected chi connectivity index (χ3v) is 4.46. The summed E-state index contributed by atoms with van der Waals surface area (Å²) in [5, 5.41) is 0.664. The molecular weight excluding hydrogens is 244 g/mol. The predicted molar refractivity (Wildman–Crippen MR) is 78.8 cm³/mol. The third kappa shape index (κ3) is 3.18. The van der Waals surface area contributed by atoms with Gasteiger partial charge in [0.1, 0.15) is 0 Å². The summed E-state index contributed by atoms with van der Waals surface area (Å²) < 4.78 is 0. The first-order chi connectivity index (χ1) is 8.58. The molecule has 1 fully saturated rings. The van der Waals surface area contributed by atoms with E-state index < -0.39 is 0 Å². The van der Waals surface area contributed by atoms with Crippen LogP contribution in [0.5, 0.6) is 0 Å². The fourth-order valence-electron chi connectivity index (χ4n) is 3.03. The van der Waals surface area contributed by atoms with E-state index in [0.717, 1.165) is 12.5 Å². The molecule has 1 saturated carbocycles. The van der Waals surface area contributed by atoms with Gasteiger partial charge >= 0.3 is 0 Å². The molecule has 0 bridgehead atoms. The molecule has 100 valence electrons. The van der Waals surface area contributed by atoms with Crippen LogP contribution in [0.3, 0.4) is 0 Å². The average molecular weight is 267 g/mol. The predicted octanol–water partition coefficient (Wildman–Crippen LogP) is 3.93. The monoisotopic (exact) mass is 266 g/mol. The normalized spacial score (nSPS) is 24.4. The van der Waals surface area contributed by atoms with Crippen LogP contribution in [0.2, 0.25) is 5.02 Å². The second kappa shape index (κ2) is 5.94. The molecule has 2 rings (SSSR count). The second-order valence-electron chi connectivity index (χ2n) is 5.60. The molecule has 1 aromatic carbocycles. The Labute approximate surface area is 115 Å². The van der Waals surface area contributed by atoms with Gasteiger partial charge in [0, 0.05) is 12.6 Å². The highest BCUT2D eigenvalue weighted by atomic mass is 35.5. The first-order valence-electron chi connectivity index (χ1n) is 6.82. The van der Waals surface area contributed by atoms with Crippen molar-refractivity contribution in [3.8, 4) is 0 Å². The average Bonchev–Trinajstić information content (AvgIpc) is 2.34. The van der Waals surface area contributed by atoms with Gasteiger partial charge in [-0.15, -0.1) is 0 Å². The number of halogens is 1. The van der Waals surface area contributed by atoms with Gasteiger partial charge in [-0.25, -0.2) is 0 Å². The van der Waals surface area contributed by atoms with Crippen LogP contribution in [0, 0.1) is 5.92 Å². The molecule has 0 saturated heterocycles. The van der Waals surface area contributed by atoms with Crippen molar-refractivity contribution in [3.63, 3.8) is 0 Å². The van der Waals surface area contributed by atoms with Crippen molar-refractivity contribution in [3.05, 3.63) is 28.8 Å². The van der Waals surface area contributed by atoms with Crippen LogP contribution in [0.1, 0.15) is 38.2 Å². The number of benzene rings is 1. The Kier molecular flexibility index (Phi) is 4.52. The topological polar surface area (TPSA) is 29.3 Å². The van der Waals surface area contributed by atoms with Gasteiger partial charge in [0.15, 0.2) is 0 Å². The molecule has 0 spiro atoms. The second-order valence-corrected chi connectivity index (χ2v) is 6.01. The number of nitrogen functional groups attached to an aromatic ring is 1. The van der Waals surface area contributed by atoms with Gasteiger partial charge in [0.2, 0.25) is 0 Å². The largest absolute Gasteiger partial charge is 0.398 e. The van der Waals surface area contributed by atoms with Crippen molar-refractivity contribution >= 4 is 17.3 Å². The number of hydrogen-bond acceptors (Lipinski definition) is 2. The molecule has 2 nitrogen and oxygen atoms in total. The number of nitrogens with two attached hydrogens (primary N) is 1. The van der Waals surface area contributed by atoms with E-state index in [1.165, 1.54) is 31.2 Å². The zero-order chi connectivity index (χ0) is 13.1. The summed E-state index contributed by atoms with van der Waals surface area (Å²) in [4.78, 5) is 2.46. The van der Waals surface area contributed by atoms with Crippen molar-refractivity contribution in [2.24, 2.45) is 5.92 Å². The summed E-state index contributed by atoms with van der Waals surface area (Å²) in [6.45, 7) is 3.32. The maximum absolute atomic E-state index is 6.07. The molecule has 18 heavy (non-hydrogen) atoms. The smallest absolute Gasteiger partial charge is 0.0638 e. The van der Waals surface area contributed by atoms with Crippen LogP contribution in [-0.2, 0) is 6.54 Å². The van der Waals surface area contributed by atoms with E-state index in [9.17, 15) is 0 Å². The zero-order valence-electron chi connectivity index (χ0n) is 11.3. The van der Waals surface area contributed by atoms with E-state index in [2.05, 4.69) is 24.9 Å². The summed E-state index contributed by atoms with van der Waals surface area (Å²) in [5.41, 5.74) is 7.64. The van der Waals surface area contributed by atoms with E-state index in [4.69, 9.17) is 17.3 Å². The maximum atomic E-state index is 6.07. The SMILES string of the molecule is CC1CCCCC1N(C)Cc1ccc(N)c(Cl)c1. The van der Waals surface area contributed by atoms with Crippen molar-refractivity contribution in [2.45, 2.75) is 45.2 Å². The van der Waals surface area contributed by atoms with E-state index in [1.807, 2.05) is 12.1 Å². The Morgan fingerprint density at radius 2 is 2.06 bits per heavy atom. The molecule has 1 aromatic rings. The van der Waals surface area contributed by atoms with Crippen LogP contribution >= 0.6 is 11.6 Å². The summed E-state index contributed by atoms with van der Waals surface area (Å²) in [5.74, 6) is 0.799. The minimum atomic E-state index is 0.661. The molecule has 0 aliphatic heterocycles. The van der Waals surface area contributed by atoms with Gasteiger partial charge in [0.25, 0.3) is 0 Å². The minimum absolute atomic E-state index is 0.661. The Bertz CT molecular complexity index is 405. The van der Waals surface area contributed by atoms with Gasteiger partial charge < -0.3 is 5.73 Å². The molecular formula is C15H23ClN2. The lowest BCUT2D eigenvalue weighted by Crippen LogP contribution is -2.38. The fraction of sp³-hybridized carbons (Fsp3) is 0.600. The van der Waals surface area contributed by atoms with Gasteiger partial charge in [0.05, 0.1) is 10.7 Å². The number of rotatable bonds is 3. The highest BCUT2D eigenvalue weighted by Gasteiger charge is 2.24. The summed E-state index contributed by atoms with van der Waals surface area (Å²) in [6.07, 6.45) is 5.43. The lowest BCUT2D eigenvalue weighted by Gasteiger charge is -2.36. The molecule has 1 aliphatic carbocycles. The van der Waals surface area contributed by atoms with E-state index >= 15 is 0 Å². The first-order valence-corrected chi connectivity index (χ1v) is 7.20. The van der Waals surface area contributed by atoms with Crippen LogP contribution in [-0.4, -0.2) is 18.0 Å². The Hall–Kier alpha value is -0.730. The fourth-order valence-corrected chi connectivity index (χ4v) is 3.23. The van der Waals surface area contributed by atoms with Crippen LogP contribution < -0.4 is 5.73 Å². The highest BCUT2D eigenvalue weighted by Crippen LogP contribution is 2.29. The standard InChI is InChI=1S/C15H23ClN2/c1-11-5-3-4-6-15(11)18(2)10-12-7-8-14(17)13(16)9-12/h7-9,11,15H,3-6,10,17H2,1-2H3. The molecule has 2 atom stereocenters. The Balaban J connectivity index is 2.01. The number of nitrogens with zero attached hydrogens (tertiary/aromatic N) is 1. The molecule has 3 heteroatoms. The lowest BCUT2D eigenvalue weighted by atomic mass is 9.85. The molecule has 0 heterocycles. The summed E-state index contributed by atoms with van der Waals surface area (Å²) in [6, 6.07) is 6.66. The molecule has 2 unspecified atom stereocenters. The van der Waals surface area contributed by atoms with Gasteiger partial charge in [-0.1, -0.05) is 37.4 Å². The van der Waals surface area contributed by atoms with Crippen molar-refractivity contribution < 1.29 is 0 Å². The van der Waals surface area contributed by atoms with E-state index in [1.54, 1.807) is 0 Å². The zero-order valence-corrected chi connectivity index (χ0v) is 12.1. The molecule has 2 N–H and O–H groups in total. The number of hydrogen-bond donors (Lipinski definition) is 1. The molecule has 0 aromatic heterocycles. The molecule has 1 aliphatic rings. The van der Waals surface area contributed by atoms with Gasteiger partial charge in [-0.05, 0) is 43.5 Å². The minimum Gasteiger partial charge on any atom is -0.398 e. The maximum Gasteiger partial charge on any atom is 0.0638 e. The van der Waals surface area contributed by atoms with Gasteiger partial charge in [-0.3, -0.25) is 4.90 Å². The van der Waals surface area contributed by atoms with Crippen molar-refractivity contribution in [2.75, 3.05) is 12.8 Å². The van der Waals surface area contributed by atoms with Crippen LogP contribution in [0.15, 0.2) is 18.2 Å². The molecule has 0 radical (unpaired) electrons. The Morgan fingerprint density at radius 3 is 2.72 bits per heavy atom. The van der Waals surface area contributed by atoms with Crippen LogP contribution in [0.25, 0.3) is 0 Å². The van der Waals surface area contributed by atoms with Crippen LogP contribution in [0.4, 0.5) is 5.69 Å². The highest BCUT2D eigenvalue weighted by molar-refractivity contribution is 6.33. The quantitative estimate of drug-likeness (QED) is 0.840. The first kappa shape index (κ1) is 13.7. The van der Waals surface area contributed by atoms with Crippen molar-refractivity contribution in [1.82, 2.24) is 4.90 Å². The summed E-state index contributed by atoms with van der Waals surface area (Å²) in [7, 11) is 2.22. The molecule has 0 amide bonds. The van der Waals surface area contributed by atoms with E-state index in [-0.39, 0.29) is 0 Å². The number of anilines is 1. The summed E-state index contributed by atoms with van der Waals surface area (Å²) >= 11 is 6.07.